The van der Waals surface area contributed by atoms with Crippen molar-refractivity contribution >= 4 is 22.4 Å². The highest BCUT2D eigenvalue weighted by Crippen LogP contribution is 2.28. The maximum Gasteiger partial charge on any atom is 0.240 e. The zero-order chi connectivity index (χ0) is 16.2. The van der Waals surface area contributed by atoms with Gasteiger partial charge in [-0.3, -0.25) is 9.69 Å². The predicted octanol–water partition coefficient (Wildman–Crippen LogP) is 3.62. The van der Waals surface area contributed by atoms with Crippen molar-refractivity contribution in [3.63, 3.8) is 0 Å². The minimum atomic E-state index is 0.0317. The second-order valence-corrected chi connectivity index (χ2v) is 7.25. The Morgan fingerprint density at radius 1 is 1.35 bits per heavy atom. The van der Waals surface area contributed by atoms with E-state index in [0.29, 0.717) is 12.6 Å². The lowest BCUT2D eigenvalue weighted by atomic mass is 10.2. The molecule has 2 aromatic rings. The van der Waals surface area contributed by atoms with Crippen molar-refractivity contribution in [1.29, 1.82) is 0 Å². The number of thiazole rings is 1. The Morgan fingerprint density at radius 3 is 2.70 bits per heavy atom. The second-order valence-electron chi connectivity index (χ2n) is 6.05. The van der Waals surface area contributed by atoms with E-state index >= 15 is 0 Å². The van der Waals surface area contributed by atoms with Crippen molar-refractivity contribution in [1.82, 2.24) is 9.88 Å². The maximum atomic E-state index is 12.4. The first-order valence-corrected chi connectivity index (χ1v) is 9.01. The van der Waals surface area contributed by atoms with Gasteiger partial charge < -0.3 is 5.32 Å². The Bertz CT molecular complexity index is 664. The number of hydrogen-bond donors (Lipinski definition) is 1. The fourth-order valence-corrected chi connectivity index (χ4v) is 3.64. The molecule has 0 spiro atoms. The summed E-state index contributed by atoms with van der Waals surface area (Å²) < 4.78 is 0. The molecule has 1 heterocycles. The highest BCUT2D eigenvalue weighted by molar-refractivity contribution is 7.15. The Labute approximate surface area is 141 Å². The summed E-state index contributed by atoms with van der Waals surface area (Å²) >= 11 is 1.56. The smallest absolute Gasteiger partial charge is 0.240 e. The van der Waals surface area contributed by atoms with Crippen molar-refractivity contribution in [3.8, 4) is 0 Å². The van der Waals surface area contributed by atoms with E-state index in [-0.39, 0.29) is 5.91 Å². The zero-order valence-electron chi connectivity index (χ0n) is 13.7. The van der Waals surface area contributed by atoms with Crippen molar-refractivity contribution in [2.45, 2.75) is 45.7 Å². The second kappa shape index (κ2) is 7.23. The van der Waals surface area contributed by atoms with Crippen LogP contribution in [0.15, 0.2) is 30.3 Å². The minimum Gasteiger partial charge on any atom is -0.301 e. The van der Waals surface area contributed by atoms with Gasteiger partial charge in [0.1, 0.15) is 0 Å². The molecule has 1 aromatic heterocycles. The molecule has 122 valence electrons. The molecule has 1 saturated carbocycles. The van der Waals surface area contributed by atoms with Crippen molar-refractivity contribution < 1.29 is 4.79 Å². The maximum absolute atomic E-state index is 12.4. The van der Waals surface area contributed by atoms with Crippen LogP contribution in [0.1, 0.15) is 35.9 Å². The van der Waals surface area contributed by atoms with E-state index in [0.717, 1.165) is 23.8 Å². The average Bonchev–Trinajstić information content (AvgIpc) is 3.32. The summed E-state index contributed by atoms with van der Waals surface area (Å²) in [5.41, 5.74) is 2.33. The highest BCUT2D eigenvalue weighted by atomic mass is 32.1. The summed E-state index contributed by atoms with van der Waals surface area (Å²) in [4.78, 5) is 20.3. The van der Waals surface area contributed by atoms with Crippen LogP contribution in [-0.4, -0.2) is 28.4 Å². The molecule has 1 aliphatic rings. The Balaban J connectivity index is 1.60. The fraction of sp³-hybridized carbons (Fsp3) is 0.444. The van der Waals surface area contributed by atoms with Crippen LogP contribution < -0.4 is 5.32 Å². The van der Waals surface area contributed by atoms with E-state index in [9.17, 15) is 4.79 Å². The molecule has 1 amide bonds. The van der Waals surface area contributed by atoms with Gasteiger partial charge in [-0.2, -0.15) is 0 Å². The molecular formula is C18H23N3OS. The molecule has 0 aliphatic heterocycles. The van der Waals surface area contributed by atoms with Crippen LogP contribution in [0.2, 0.25) is 0 Å². The Kier molecular flexibility index (Phi) is 5.08. The van der Waals surface area contributed by atoms with Crippen molar-refractivity contribution in [3.05, 3.63) is 46.5 Å². The first-order chi connectivity index (χ1) is 11.2. The fourth-order valence-electron chi connectivity index (χ4n) is 2.72. The van der Waals surface area contributed by atoms with E-state index in [1.165, 1.54) is 23.3 Å². The molecule has 1 aromatic carbocycles. The van der Waals surface area contributed by atoms with E-state index in [1.807, 2.05) is 18.2 Å². The summed E-state index contributed by atoms with van der Waals surface area (Å²) in [6, 6.07) is 10.9. The molecule has 1 N–H and O–H groups in total. The zero-order valence-corrected chi connectivity index (χ0v) is 14.5. The largest absolute Gasteiger partial charge is 0.301 e. The van der Waals surface area contributed by atoms with Crippen LogP contribution in [0.5, 0.6) is 0 Å². The molecule has 5 heteroatoms. The number of aryl methyl sites for hydroxylation is 2. The first-order valence-electron chi connectivity index (χ1n) is 8.20. The third-order valence-electron chi connectivity index (χ3n) is 4.11. The number of carbonyl (C=O) groups is 1. The molecular weight excluding hydrogens is 306 g/mol. The average molecular weight is 329 g/mol. The van der Waals surface area contributed by atoms with Crippen LogP contribution >= 0.6 is 11.3 Å². The van der Waals surface area contributed by atoms with Crippen LogP contribution in [0.25, 0.3) is 0 Å². The summed E-state index contributed by atoms with van der Waals surface area (Å²) in [6.45, 7) is 5.40. The van der Waals surface area contributed by atoms with E-state index in [1.54, 1.807) is 11.3 Å². The van der Waals surface area contributed by atoms with Gasteiger partial charge in [-0.15, -0.1) is 11.3 Å². The molecule has 0 radical (unpaired) electrons. The first kappa shape index (κ1) is 16.1. The molecule has 0 unspecified atom stereocenters. The van der Waals surface area contributed by atoms with Gasteiger partial charge in [0.2, 0.25) is 5.91 Å². The molecule has 0 saturated heterocycles. The minimum absolute atomic E-state index is 0.0317. The van der Waals surface area contributed by atoms with E-state index in [4.69, 9.17) is 0 Å². The number of benzene rings is 1. The number of amides is 1. The van der Waals surface area contributed by atoms with Crippen molar-refractivity contribution in [2.24, 2.45) is 0 Å². The number of rotatable bonds is 7. The van der Waals surface area contributed by atoms with Gasteiger partial charge in [-0.1, -0.05) is 37.3 Å². The van der Waals surface area contributed by atoms with Crippen LogP contribution in [0.3, 0.4) is 0 Å². The van der Waals surface area contributed by atoms with Crippen molar-refractivity contribution in [2.75, 3.05) is 11.9 Å². The topological polar surface area (TPSA) is 45.2 Å². The summed E-state index contributed by atoms with van der Waals surface area (Å²) in [5.74, 6) is 0.0317. The molecule has 3 rings (SSSR count). The molecule has 4 nitrogen and oxygen atoms in total. The highest BCUT2D eigenvalue weighted by Gasteiger charge is 2.30. The predicted molar refractivity (Wildman–Crippen MR) is 94.7 cm³/mol. The van der Waals surface area contributed by atoms with Gasteiger partial charge in [0.05, 0.1) is 12.2 Å². The summed E-state index contributed by atoms with van der Waals surface area (Å²) in [6.07, 6.45) is 3.29. The lowest BCUT2D eigenvalue weighted by molar-refractivity contribution is -0.117. The quantitative estimate of drug-likeness (QED) is 0.844. The van der Waals surface area contributed by atoms with Crippen LogP contribution in [-0.2, 0) is 17.8 Å². The standard InChI is InChI=1S/C18H23N3OS/c1-3-16-13(2)23-18(19-16)20-17(22)12-21(15-9-10-15)11-14-7-5-4-6-8-14/h4-8,15H,3,9-12H2,1-2H3,(H,19,20,22). The monoisotopic (exact) mass is 329 g/mol. The van der Waals surface area contributed by atoms with Gasteiger partial charge >= 0.3 is 0 Å². The number of aromatic nitrogens is 1. The Hall–Kier alpha value is -1.72. The van der Waals surface area contributed by atoms with Gasteiger partial charge in [0.15, 0.2) is 5.13 Å². The summed E-state index contributed by atoms with van der Waals surface area (Å²) in [7, 11) is 0. The Morgan fingerprint density at radius 2 is 2.09 bits per heavy atom. The van der Waals surface area contributed by atoms with Gasteiger partial charge in [-0.05, 0) is 31.7 Å². The molecule has 1 aliphatic carbocycles. The lowest BCUT2D eigenvalue weighted by Crippen LogP contribution is -2.34. The van der Waals surface area contributed by atoms with E-state index in [2.05, 4.69) is 41.2 Å². The normalized spacial score (nSPS) is 14.2. The molecule has 1 fully saturated rings. The number of nitrogens with zero attached hydrogens (tertiary/aromatic N) is 2. The number of nitrogens with one attached hydrogen (secondary N) is 1. The number of carbonyl (C=O) groups excluding carboxylic acids is 1. The summed E-state index contributed by atoms with van der Waals surface area (Å²) in [5, 5.41) is 3.69. The lowest BCUT2D eigenvalue weighted by Gasteiger charge is -2.21. The molecule has 23 heavy (non-hydrogen) atoms. The van der Waals surface area contributed by atoms with Crippen LogP contribution in [0, 0.1) is 6.92 Å². The third kappa shape index (κ3) is 4.39. The van der Waals surface area contributed by atoms with Gasteiger partial charge in [0, 0.05) is 17.5 Å². The SMILES string of the molecule is CCc1nc(NC(=O)CN(Cc2ccccc2)C2CC2)sc1C. The number of hydrogen-bond acceptors (Lipinski definition) is 4. The van der Waals surface area contributed by atoms with Gasteiger partial charge in [-0.25, -0.2) is 4.98 Å². The molecule has 0 bridgehead atoms. The van der Waals surface area contributed by atoms with Crippen LogP contribution in [0.4, 0.5) is 5.13 Å². The third-order valence-corrected chi connectivity index (χ3v) is 5.04. The number of anilines is 1. The van der Waals surface area contributed by atoms with E-state index < -0.39 is 0 Å². The molecule has 0 atom stereocenters. The van der Waals surface area contributed by atoms with Gasteiger partial charge in [0.25, 0.3) is 0 Å².